The van der Waals surface area contributed by atoms with E-state index in [2.05, 4.69) is 12.2 Å². The molecule has 0 radical (unpaired) electrons. The summed E-state index contributed by atoms with van der Waals surface area (Å²) >= 11 is 0. The molecule has 106 valence electrons. The highest BCUT2D eigenvalue weighted by atomic mass is 16.2. The van der Waals surface area contributed by atoms with Crippen LogP contribution >= 0.6 is 0 Å². The predicted molar refractivity (Wildman–Crippen MR) is 80.7 cm³/mol. The number of fused-ring (bicyclic) bond motifs is 1. The van der Waals surface area contributed by atoms with Crippen molar-refractivity contribution >= 4 is 23.1 Å². The molecule has 4 nitrogen and oxygen atoms in total. The molecule has 4 heteroatoms. The van der Waals surface area contributed by atoms with Crippen LogP contribution in [0.1, 0.15) is 33.1 Å². The van der Waals surface area contributed by atoms with Crippen molar-refractivity contribution in [2.45, 2.75) is 33.1 Å². The Bertz CT molecular complexity index is 549. The number of carbonyl (C=O) groups excluding carboxylic acids is 2. The summed E-state index contributed by atoms with van der Waals surface area (Å²) in [5.74, 6) is -0.0248. The van der Waals surface area contributed by atoms with Crippen molar-refractivity contribution in [2.75, 3.05) is 16.8 Å². The minimum Gasteiger partial charge on any atom is -0.357 e. The van der Waals surface area contributed by atoms with Crippen molar-refractivity contribution in [1.29, 1.82) is 0 Å². The highest BCUT2D eigenvalue weighted by Crippen LogP contribution is 2.31. The normalized spacial score (nSPS) is 16.6. The molecule has 1 heterocycles. The molecule has 0 aromatic heterocycles. The number of anilines is 2. The zero-order chi connectivity index (χ0) is 14.5. The lowest BCUT2D eigenvalue weighted by Gasteiger charge is -2.22. The van der Waals surface area contributed by atoms with Crippen molar-refractivity contribution < 1.29 is 9.59 Å². The molecule has 0 aliphatic carbocycles. The molecule has 0 fully saturated rings. The maximum Gasteiger partial charge on any atom is 0.232 e. The first kappa shape index (κ1) is 14.3. The number of amides is 1. The Balaban J connectivity index is 2.38. The van der Waals surface area contributed by atoms with Gasteiger partial charge in [0.05, 0.1) is 17.8 Å². The zero-order valence-electron chi connectivity index (χ0n) is 12.0. The fourth-order valence-electron chi connectivity index (χ4n) is 2.32. The molecule has 0 saturated carbocycles. The van der Waals surface area contributed by atoms with Gasteiger partial charge in [-0.15, -0.1) is 0 Å². The van der Waals surface area contributed by atoms with Crippen molar-refractivity contribution in [1.82, 2.24) is 0 Å². The molecule has 20 heavy (non-hydrogen) atoms. The topological polar surface area (TPSA) is 49.4 Å². The highest BCUT2D eigenvalue weighted by molar-refractivity contribution is 6.01. The van der Waals surface area contributed by atoms with Crippen LogP contribution in [0.4, 0.5) is 11.4 Å². The fraction of sp³-hybridized carbons (Fsp3) is 0.375. The maximum absolute atomic E-state index is 12.4. The largest absolute Gasteiger partial charge is 0.357 e. The molecule has 0 unspecified atom stereocenters. The monoisotopic (exact) mass is 272 g/mol. The van der Waals surface area contributed by atoms with E-state index in [1.165, 1.54) is 13.0 Å². The molecular weight excluding hydrogens is 252 g/mol. The van der Waals surface area contributed by atoms with E-state index in [1.807, 2.05) is 29.2 Å². The first-order chi connectivity index (χ1) is 9.61. The van der Waals surface area contributed by atoms with Crippen LogP contribution in [0.25, 0.3) is 0 Å². The van der Waals surface area contributed by atoms with E-state index in [9.17, 15) is 9.59 Å². The van der Waals surface area contributed by atoms with Crippen LogP contribution in [0.2, 0.25) is 0 Å². The quantitative estimate of drug-likeness (QED) is 0.857. The molecule has 0 atom stereocenters. The van der Waals surface area contributed by atoms with Gasteiger partial charge in [-0.05, 0) is 25.5 Å². The van der Waals surface area contributed by atoms with Gasteiger partial charge in [-0.1, -0.05) is 25.5 Å². The van der Waals surface area contributed by atoms with E-state index in [-0.39, 0.29) is 18.1 Å². The third kappa shape index (κ3) is 3.26. The molecule has 0 spiro atoms. The molecule has 1 aromatic carbocycles. The van der Waals surface area contributed by atoms with Gasteiger partial charge in [0.15, 0.2) is 5.78 Å². The smallest absolute Gasteiger partial charge is 0.232 e. The Kier molecular flexibility index (Phi) is 4.56. The van der Waals surface area contributed by atoms with E-state index < -0.39 is 0 Å². The van der Waals surface area contributed by atoms with Gasteiger partial charge < -0.3 is 10.2 Å². The number of ketones is 1. The number of unbranched alkanes of at least 4 members (excludes halogenated alkanes) is 1. The SMILES string of the molecule is CCCCN1C(=O)C/C(=C/C(C)=O)Nc2ccccc21. The molecule has 1 aromatic rings. The van der Waals surface area contributed by atoms with E-state index >= 15 is 0 Å². The predicted octanol–water partition coefficient (Wildman–Crippen LogP) is 3.11. The lowest BCUT2D eigenvalue weighted by Crippen LogP contribution is -2.31. The Morgan fingerprint density at radius 2 is 2.15 bits per heavy atom. The second-order valence-electron chi connectivity index (χ2n) is 5.00. The van der Waals surface area contributed by atoms with Gasteiger partial charge in [0.25, 0.3) is 0 Å². The second kappa shape index (κ2) is 6.37. The Morgan fingerprint density at radius 3 is 2.85 bits per heavy atom. The minimum atomic E-state index is -0.0558. The second-order valence-corrected chi connectivity index (χ2v) is 5.00. The summed E-state index contributed by atoms with van der Waals surface area (Å²) in [6.07, 6.45) is 3.73. The average molecular weight is 272 g/mol. The summed E-state index contributed by atoms with van der Waals surface area (Å²) in [7, 11) is 0. The van der Waals surface area contributed by atoms with Crippen LogP contribution in [-0.4, -0.2) is 18.2 Å². The third-order valence-electron chi connectivity index (χ3n) is 3.25. The molecule has 1 aliphatic heterocycles. The number of benzene rings is 1. The van der Waals surface area contributed by atoms with Crippen LogP contribution in [-0.2, 0) is 9.59 Å². The molecule has 0 saturated heterocycles. The van der Waals surface area contributed by atoms with Gasteiger partial charge in [-0.2, -0.15) is 0 Å². The first-order valence-corrected chi connectivity index (χ1v) is 6.99. The van der Waals surface area contributed by atoms with Crippen LogP contribution in [0, 0.1) is 0 Å². The van der Waals surface area contributed by atoms with E-state index in [0.717, 1.165) is 24.2 Å². The van der Waals surface area contributed by atoms with Crippen molar-refractivity contribution in [3.8, 4) is 0 Å². The minimum absolute atomic E-state index is 0.0309. The van der Waals surface area contributed by atoms with Gasteiger partial charge >= 0.3 is 0 Å². The lowest BCUT2D eigenvalue weighted by atomic mass is 10.2. The standard InChI is InChI=1S/C16H20N2O2/c1-3-4-9-18-15-8-6-5-7-14(15)17-13(10-12(2)19)11-16(18)20/h5-8,10,17H,3-4,9,11H2,1-2H3/b13-10-. The van der Waals surface area contributed by atoms with E-state index in [1.54, 1.807) is 0 Å². The number of hydrogen-bond donors (Lipinski definition) is 1. The molecule has 1 amide bonds. The van der Waals surface area contributed by atoms with Crippen LogP contribution < -0.4 is 10.2 Å². The highest BCUT2D eigenvalue weighted by Gasteiger charge is 2.23. The summed E-state index contributed by atoms with van der Waals surface area (Å²) in [6, 6.07) is 7.71. The van der Waals surface area contributed by atoms with Crippen LogP contribution in [0.5, 0.6) is 0 Å². The molecule has 1 N–H and O–H groups in total. The van der Waals surface area contributed by atoms with Gasteiger partial charge in [0.1, 0.15) is 0 Å². The van der Waals surface area contributed by atoms with Gasteiger partial charge in [0.2, 0.25) is 5.91 Å². The molecule has 0 bridgehead atoms. The Hall–Kier alpha value is -2.10. The molecular formula is C16H20N2O2. The van der Waals surface area contributed by atoms with Gasteiger partial charge in [-0.25, -0.2) is 0 Å². The number of rotatable bonds is 4. The number of carbonyl (C=O) groups is 2. The number of nitrogens with zero attached hydrogens (tertiary/aromatic N) is 1. The summed E-state index contributed by atoms with van der Waals surface area (Å²) in [6.45, 7) is 4.31. The number of hydrogen-bond acceptors (Lipinski definition) is 3. The van der Waals surface area contributed by atoms with E-state index in [4.69, 9.17) is 0 Å². The third-order valence-corrected chi connectivity index (χ3v) is 3.25. The Labute approximate surface area is 119 Å². The van der Waals surface area contributed by atoms with Crippen molar-refractivity contribution in [3.63, 3.8) is 0 Å². The molecule has 1 aliphatic rings. The molecule has 2 rings (SSSR count). The van der Waals surface area contributed by atoms with Crippen molar-refractivity contribution in [3.05, 3.63) is 36.0 Å². The summed E-state index contributed by atoms with van der Waals surface area (Å²) in [5, 5.41) is 3.21. The summed E-state index contributed by atoms with van der Waals surface area (Å²) in [5.41, 5.74) is 2.42. The number of allylic oxidation sites excluding steroid dienone is 1. The van der Waals surface area contributed by atoms with E-state index in [0.29, 0.717) is 12.2 Å². The van der Waals surface area contributed by atoms with Crippen molar-refractivity contribution in [2.24, 2.45) is 0 Å². The van der Waals surface area contributed by atoms with Gasteiger partial charge in [-0.3, -0.25) is 9.59 Å². The fourth-order valence-corrected chi connectivity index (χ4v) is 2.32. The summed E-state index contributed by atoms with van der Waals surface area (Å²) in [4.78, 5) is 25.5. The van der Waals surface area contributed by atoms with Crippen LogP contribution in [0.3, 0.4) is 0 Å². The summed E-state index contributed by atoms with van der Waals surface area (Å²) < 4.78 is 0. The zero-order valence-corrected chi connectivity index (χ0v) is 12.0. The number of nitrogens with one attached hydrogen (secondary N) is 1. The lowest BCUT2D eigenvalue weighted by molar-refractivity contribution is -0.117. The number of para-hydroxylation sites is 2. The van der Waals surface area contributed by atoms with Gasteiger partial charge in [0, 0.05) is 18.3 Å². The Morgan fingerprint density at radius 1 is 1.40 bits per heavy atom. The maximum atomic E-state index is 12.4. The average Bonchev–Trinajstić information content (AvgIpc) is 2.52. The first-order valence-electron chi connectivity index (χ1n) is 6.99. The van der Waals surface area contributed by atoms with Crippen LogP contribution in [0.15, 0.2) is 36.0 Å².